The summed E-state index contributed by atoms with van der Waals surface area (Å²) < 4.78 is 19.3. The van der Waals surface area contributed by atoms with E-state index in [4.69, 9.17) is 27.9 Å². The van der Waals surface area contributed by atoms with Crippen LogP contribution in [0, 0.1) is 17.1 Å². The highest BCUT2D eigenvalue weighted by Crippen LogP contribution is 2.36. The molecule has 1 saturated heterocycles. The van der Waals surface area contributed by atoms with Crippen molar-refractivity contribution in [1.29, 1.82) is 5.26 Å². The number of benzene rings is 3. The van der Waals surface area contributed by atoms with Crippen molar-refractivity contribution in [2.24, 2.45) is 0 Å². The van der Waals surface area contributed by atoms with E-state index in [1.54, 1.807) is 24.3 Å². The van der Waals surface area contributed by atoms with E-state index >= 15 is 0 Å². The molecule has 3 aromatic carbocycles. The van der Waals surface area contributed by atoms with E-state index in [2.05, 4.69) is 11.4 Å². The van der Waals surface area contributed by atoms with E-state index in [1.165, 1.54) is 30.3 Å². The number of carbonyl (C=O) groups is 3. The largest absolute Gasteiger partial charge is 0.486 e. The van der Waals surface area contributed by atoms with Gasteiger partial charge in [0.25, 0.3) is 11.8 Å². The lowest BCUT2D eigenvalue weighted by atomic mass is 10.1. The predicted octanol–water partition coefficient (Wildman–Crippen LogP) is 5.25. The summed E-state index contributed by atoms with van der Waals surface area (Å²) in [5.74, 6) is -2.37. The number of nitrogens with one attached hydrogen (secondary N) is 1. The SMILES string of the molecule is N#Cc1ccccc1COc1c(Cl)cc(/C=C2\C(=O)NC(=O)N(c3cccc(F)c3)C2=O)cc1Cl. The molecule has 0 aliphatic carbocycles. The van der Waals surface area contributed by atoms with E-state index in [0.717, 1.165) is 12.1 Å². The first kappa shape index (κ1) is 24.0. The van der Waals surface area contributed by atoms with Crippen LogP contribution in [0.2, 0.25) is 10.0 Å². The maximum atomic E-state index is 13.6. The Balaban J connectivity index is 1.62. The number of urea groups is 1. The molecule has 1 aliphatic heterocycles. The summed E-state index contributed by atoms with van der Waals surface area (Å²) in [6.07, 6.45) is 1.21. The first-order valence-corrected chi connectivity index (χ1v) is 10.8. The molecule has 1 N–H and O–H groups in total. The van der Waals surface area contributed by atoms with E-state index in [1.807, 2.05) is 0 Å². The fourth-order valence-corrected chi connectivity index (χ4v) is 3.99. The summed E-state index contributed by atoms with van der Waals surface area (Å²) in [6, 6.07) is 15.7. The Hall–Kier alpha value is -4.19. The fourth-order valence-electron chi connectivity index (χ4n) is 3.38. The topological polar surface area (TPSA) is 99.5 Å². The highest BCUT2D eigenvalue weighted by molar-refractivity contribution is 6.40. The standard InChI is InChI=1S/C25H14Cl2FN3O4/c26-20-9-14(10-21(27)22(20)35-13-16-5-2-1-4-15(16)12-29)8-19-23(32)30-25(34)31(24(19)33)18-7-3-6-17(28)11-18/h1-11H,13H2,(H,30,32,34)/b19-8+. The van der Waals surface area contributed by atoms with Gasteiger partial charge in [0.2, 0.25) is 0 Å². The Kier molecular flexibility index (Phi) is 6.82. The van der Waals surface area contributed by atoms with Crippen LogP contribution >= 0.6 is 23.2 Å². The number of hydrogen-bond donors (Lipinski definition) is 1. The molecule has 0 unspecified atom stereocenters. The van der Waals surface area contributed by atoms with Crippen LogP contribution in [0.5, 0.6) is 5.75 Å². The van der Waals surface area contributed by atoms with Crippen molar-refractivity contribution in [2.45, 2.75) is 6.61 Å². The van der Waals surface area contributed by atoms with E-state index < -0.39 is 23.7 Å². The van der Waals surface area contributed by atoms with Crippen LogP contribution in [0.4, 0.5) is 14.9 Å². The van der Waals surface area contributed by atoms with E-state index in [-0.39, 0.29) is 39.2 Å². The molecule has 174 valence electrons. The van der Waals surface area contributed by atoms with Crippen molar-refractivity contribution < 1.29 is 23.5 Å². The van der Waals surface area contributed by atoms with Gasteiger partial charge < -0.3 is 4.74 Å². The fraction of sp³-hybridized carbons (Fsp3) is 0.0400. The van der Waals surface area contributed by atoms with Crippen molar-refractivity contribution in [2.75, 3.05) is 4.90 Å². The van der Waals surface area contributed by atoms with Crippen molar-refractivity contribution in [3.8, 4) is 11.8 Å². The van der Waals surface area contributed by atoms with Gasteiger partial charge in [-0.2, -0.15) is 5.26 Å². The van der Waals surface area contributed by atoms with Crippen LogP contribution in [0.3, 0.4) is 0 Å². The quantitative estimate of drug-likeness (QED) is 0.374. The average Bonchev–Trinajstić information content (AvgIpc) is 2.81. The summed E-state index contributed by atoms with van der Waals surface area (Å²) in [5.41, 5.74) is 0.956. The summed E-state index contributed by atoms with van der Waals surface area (Å²) in [6.45, 7) is 0.0369. The summed E-state index contributed by atoms with van der Waals surface area (Å²) >= 11 is 12.7. The molecule has 7 nitrogen and oxygen atoms in total. The van der Waals surface area contributed by atoms with Gasteiger partial charge in [0, 0.05) is 5.56 Å². The number of barbiturate groups is 1. The molecular formula is C25H14Cl2FN3O4. The maximum absolute atomic E-state index is 13.6. The lowest BCUT2D eigenvalue weighted by Gasteiger charge is -2.26. The predicted molar refractivity (Wildman–Crippen MR) is 127 cm³/mol. The van der Waals surface area contributed by atoms with Crippen LogP contribution in [0.15, 0.2) is 66.2 Å². The molecule has 0 saturated carbocycles. The Bertz CT molecular complexity index is 1430. The van der Waals surface area contributed by atoms with Gasteiger partial charge in [-0.15, -0.1) is 0 Å². The zero-order valence-corrected chi connectivity index (χ0v) is 19.2. The van der Waals surface area contributed by atoms with Gasteiger partial charge in [-0.25, -0.2) is 14.1 Å². The number of halogens is 3. The van der Waals surface area contributed by atoms with Gasteiger partial charge in [0.1, 0.15) is 18.0 Å². The van der Waals surface area contributed by atoms with Gasteiger partial charge in [0.15, 0.2) is 5.75 Å². The lowest BCUT2D eigenvalue weighted by molar-refractivity contribution is -0.122. The van der Waals surface area contributed by atoms with Gasteiger partial charge in [-0.1, -0.05) is 47.5 Å². The van der Waals surface area contributed by atoms with Crippen LogP contribution in [-0.2, 0) is 16.2 Å². The number of nitrogens with zero attached hydrogens (tertiary/aromatic N) is 2. The molecule has 3 aromatic rings. The number of hydrogen-bond acceptors (Lipinski definition) is 5. The van der Waals surface area contributed by atoms with Crippen molar-refractivity contribution in [3.05, 3.63) is 98.8 Å². The third kappa shape index (κ3) is 5.01. The van der Waals surface area contributed by atoms with Gasteiger partial charge in [-0.05, 0) is 48.0 Å². The highest BCUT2D eigenvalue weighted by Gasteiger charge is 2.37. The summed E-state index contributed by atoms with van der Waals surface area (Å²) in [7, 11) is 0. The monoisotopic (exact) mass is 509 g/mol. The molecule has 1 fully saturated rings. The lowest BCUT2D eigenvalue weighted by Crippen LogP contribution is -2.54. The van der Waals surface area contributed by atoms with Crippen molar-refractivity contribution in [3.63, 3.8) is 0 Å². The van der Waals surface area contributed by atoms with E-state index in [9.17, 15) is 24.0 Å². The molecule has 0 radical (unpaired) electrons. The molecule has 4 amide bonds. The van der Waals surface area contributed by atoms with Crippen molar-refractivity contribution >= 4 is 52.8 Å². The zero-order valence-electron chi connectivity index (χ0n) is 17.7. The number of rotatable bonds is 5. The first-order chi connectivity index (χ1) is 16.8. The number of anilines is 1. The van der Waals surface area contributed by atoms with Gasteiger partial charge in [-0.3, -0.25) is 14.9 Å². The third-order valence-corrected chi connectivity index (χ3v) is 5.57. The van der Waals surface area contributed by atoms with Gasteiger partial charge >= 0.3 is 6.03 Å². The molecule has 0 atom stereocenters. The Morgan fingerprint density at radius 1 is 1.03 bits per heavy atom. The van der Waals surface area contributed by atoms with Crippen LogP contribution in [-0.4, -0.2) is 17.8 Å². The average molecular weight is 510 g/mol. The molecule has 35 heavy (non-hydrogen) atoms. The minimum atomic E-state index is -1.000. The molecule has 1 aliphatic rings. The smallest absolute Gasteiger partial charge is 0.335 e. The Morgan fingerprint density at radius 3 is 2.43 bits per heavy atom. The number of ether oxygens (including phenoxy) is 1. The number of carbonyl (C=O) groups excluding carboxylic acids is 3. The molecule has 10 heteroatoms. The molecular weight excluding hydrogens is 496 g/mol. The van der Waals surface area contributed by atoms with Crippen molar-refractivity contribution in [1.82, 2.24) is 5.32 Å². The summed E-state index contributed by atoms with van der Waals surface area (Å²) in [5, 5.41) is 11.5. The highest BCUT2D eigenvalue weighted by atomic mass is 35.5. The Morgan fingerprint density at radius 2 is 1.74 bits per heavy atom. The second-order valence-corrected chi connectivity index (χ2v) is 8.12. The minimum absolute atomic E-state index is 0.0369. The number of nitriles is 1. The second kappa shape index (κ2) is 9.97. The van der Waals surface area contributed by atoms with E-state index in [0.29, 0.717) is 16.0 Å². The van der Waals surface area contributed by atoms with Gasteiger partial charge in [0.05, 0.1) is 27.4 Å². The second-order valence-electron chi connectivity index (χ2n) is 7.31. The normalized spacial score (nSPS) is 14.6. The number of imide groups is 2. The first-order valence-electron chi connectivity index (χ1n) is 10.1. The molecule has 0 spiro atoms. The molecule has 1 heterocycles. The Labute approximate surface area is 208 Å². The minimum Gasteiger partial charge on any atom is -0.486 e. The zero-order chi connectivity index (χ0) is 25.1. The summed E-state index contributed by atoms with van der Waals surface area (Å²) in [4.78, 5) is 38.2. The third-order valence-electron chi connectivity index (χ3n) is 5.01. The molecule has 0 aromatic heterocycles. The maximum Gasteiger partial charge on any atom is 0.335 e. The van der Waals surface area contributed by atoms with Crippen LogP contribution < -0.4 is 15.0 Å². The van der Waals surface area contributed by atoms with Crippen LogP contribution in [0.1, 0.15) is 16.7 Å². The van der Waals surface area contributed by atoms with Crippen LogP contribution in [0.25, 0.3) is 6.08 Å². The molecule has 0 bridgehead atoms. The number of amides is 4. The molecule has 4 rings (SSSR count).